The predicted molar refractivity (Wildman–Crippen MR) is 99.9 cm³/mol. The molecule has 0 aliphatic rings. The zero-order valence-electron chi connectivity index (χ0n) is 13.6. The second-order valence-corrected chi connectivity index (χ2v) is 6.90. The second kappa shape index (κ2) is 7.72. The molecule has 0 bridgehead atoms. The highest BCUT2D eigenvalue weighted by Crippen LogP contribution is 2.26. The number of tetrazole rings is 1. The van der Waals surface area contributed by atoms with E-state index in [1.165, 1.54) is 11.8 Å². The molecule has 26 heavy (non-hydrogen) atoms. The minimum atomic E-state index is 0.537. The van der Waals surface area contributed by atoms with Crippen molar-refractivity contribution in [3.8, 4) is 11.3 Å². The van der Waals surface area contributed by atoms with E-state index in [1.54, 1.807) is 10.9 Å². The Kier molecular flexibility index (Phi) is 4.99. The zero-order valence-corrected chi connectivity index (χ0v) is 15.2. The van der Waals surface area contributed by atoms with Crippen LogP contribution in [0.3, 0.4) is 0 Å². The van der Waals surface area contributed by atoms with Gasteiger partial charge in [0.15, 0.2) is 5.76 Å². The molecule has 6 nitrogen and oxygen atoms in total. The maximum Gasteiger partial charge on any atom is 0.210 e. The van der Waals surface area contributed by atoms with Crippen LogP contribution in [0.4, 0.5) is 0 Å². The molecule has 4 aromatic rings. The van der Waals surface area contributed by atoms with Crippen molar-refractivity contribution in [1.29, 1.82) is 0 Å². The van der Waals surface area contributed by atoms with Gasteiger partial charge in [0.05, 0.1) is 18.5 Å². The van der Waals surface area contributed by atoms with Gasteiger partial charge in [0.1, 0.15) is 0 Å². The molecule has 0 N–H and O–H groups in total. The van der Waals surface area contributed by atoms with Crippen LogP contribution in [0.15, 0.2) is 70.4 Å². The first-order valence-electron chi connectivity index (χ1n) is 7.91. The Morgan fingerprint density at radius 2 is 1.96 bits per heavy atom. The van der Waals surface area contributed by atoms with Crippen molar-refractivity contribution >= 4 is 23.4 Å². The van der Waals surface area contributed by atoms with Crippen molar-refractivity contribution in [2.75, 3.05) is 0 Å². The fourth-order valence-electron chi connectivity index (χ4n) is 2.43. The number of hydrogen-bond donors (Lipinski definition) is 0. The number of hydrogen-bond acceptors (Lipinski definition) is 6. The molecule has 0 spiro atoms. The van der Waals surface area contributed by atoms with Crippen LogP contribution < -0.4 is 0 Å². The summed E-state index contributed by atoms with van der Waals surface area (Å²) in [5.41, 5.74) is 2.04. The third-order valence-electron chi connectivity index (χ3n) is 3.66. The fourth-order valence-corrected chi connectivity index (χ4v) is 3.35. The summed E-state index contributed by atoms with van der Waals surface area (Å²) in [6, 6.07) is 17.6. The highest BCUT2D eigenvalue weighted by Gasteiger charge is 2.11. The Balaban J connectivity index is 1.43. The smallest absolute Gasteiger partial charge is 0.210 e. The molecular formula is C18H14ClN5OS. The first kappa shape index (κ1) is 16.8. The van der Waals surface area contributed by atoms with Crippen LogP contribution in [0.1, 0.15) is 11.5 Å². The molecular weight excluding hydrogens is 370 g/mol. The first-order chi connectivity index (χ1) is 12.8. The SMILES string of the molecule is Clc1cccc(-c2cnc(CSc3nnnn3Cc3ccccc3)o2)c1. The van der Waals surface area contributed by atoms with E-state index in [0.717, 1.165) is 16.3 Å². The molecule has 2 aromatic carbocycles. The Morgan fingerprint density at radius 3 is 2.81 bits per heavy atom. The van der Waals surface area contributed by atoms with Gasteiger partial charge in [0.25, 0.3) is 0 Å². The Morgan fingerprint density at radius 1 is 1.08 bits per heavy atom. The minimum absolute atomic E-state index is 0.537. The number of thioether (sulfide) groups is 1. The summed E-state index contributed by atoms with van der Waals surface area (Å²) in [5.74, 6) is 1.83. The van der Waals surface area contributed by atoms with Crippen molar-refractivity contribution < 1.29 is 4.42 Å². The molecule has 0 saturated heterocycles. The number of nitrogens with zero attached hydrogens (tertiary/aromatic N) is 5. The molecule has 0 radical (unpaired) electrons. The highest BCUT2D eigenvalue weighted by atomic mass is 35.5. The van der Waals surface area contributed by atoms with E-state index in [1.807, 2.05) is 54.6 Å². The van der Waals surface area contributed by atoms with Gasteiger partial charge in [0, 0.05) is 10.6 Å². The lowest BCUT2D eigenvalue weighted by molar-refractivity contribution is 0.529. The van der Waals surface area contributed by atoms with Gasteiger partial charge in [-0.2, -0.15) is 0 Å². The largest absolute Gasteiger partial charge is 0.440 e. The molecule has 0 amide bonds. The van der Waals surface area contributed by atoms with Crippen molar-refractivity contribution in [2.24, 2.45) is 0 Å². The average molecular weight is 384 g/mol. The molecule has 4 rings (SSSR count). The number of benzene rings is 2. The van der Waals surface area contributed by atoms with E-state index in [0.29, 0.717) is 29.0 Å². The summed E-state index contributed by atoms with van der Waals surface area (Å²) < 4.78 is 7.58. The third kappa shape index (κ3) is 3.95. The van der Waals surface area contributed by atoms with Gasteiger partial charge in [-0.3, -0.25) is 0 Å². The summed E-state index contributed by atoms with van der Waals surface area (Å²) in [7, 11) is 0. The van der Waals surface area contributed by atoms with Crippen LogP contribution >= 0.6 is 23.4 Å². The van der Waals surface area contributed by atoms with E-state index in [4.69, 9.17) is 16.0 Å². The summed E-state index contributed by atoms with van der Waals surface area (Å²) >= 11 is 7.51. The van der Waals surface area contributed by atoms with Gasteiger partial charge in [-0.05, 0) is 28.1 Å². The van der Waals surface area contributed by atoms with Crippen molar-refractivity contribution in [3.63, 3.8) is 0 Å². The van der Waals surface area contributed by atoms with Crippen LogP contribution in [0.2, 0.25) is 5.02 Å². The zero-order chi connectivity index (χ0) is 17.8. The van der Waals surface area contributed by atoms with Gasteiger partial charge in [0.2, 0.25) is 11.0 Å². The molecule has 0 aliphatic carbocycles. The number of oxazole rings is 1. The summed E-state index contributed by atoms with van der Waals surface area (Å²) in [4.78, 5) is 4.33. The topological polar surface area (TPSA) is 69.6 Å². The fraction of sp³-hybridized carbons (Fsp3) is 0.111. The quantitative estimate of drug-likeness (QED) is 0.462. The molecule has 8 heteroatoms. The second-order valence-electron chi connectivity index (χ2n) is 5.52. The van der Waals surface area contributed by atoms with Gasteiger partial charge < -0.3 is 4.42 Å². The number of aromatic nitrogens is 5. The third-order valence-corrected chi connectivity index (χ3v) is 4.84. The van der Waals surface area contributed by atoms with E-state index >= 15 is 0 Å². The summed E-state index contributed by atoms with van der Waals surface area (Å²) in [6.45, 7) is 0.621. The van der Waals surface area contributed by atoms with Gasteiger partial charge in [-0.1, -0.05) is 65.8 Å². The lowest BCUT2D eigenvalue weighted by Crippen LogP contribution is -2.03. The number of halogens is 1. The molecule has 2 aromatic heterocycles. The lowest BCUT2D eigenvalue weighted by atomic mass is 10.2. The predicted octanol–water partition coefficient (Wildman–Crippen LogP) is 4.32. The van der Waals surface area contributed by atoms with Crippen molar-refractivity contribution in [3.05, 3.63) is 77.3 Å². The Bertz CT molecular complexity index is 1000. The maximum absolute atomic E-state index is 6.02. The van der Waals surface area contributed by atoms with Gasteiger partial charge in [-0.25, -0.2) is 9.67 Å². The van der Waals surface area contributed by atoms with E-state index in [9.17, 15) is 0 Å². The maximum atomic E-state index is 6.02. The molecule has 0 unspecified atom stereocenters. The van der Waals surface area contributed by atoms with Crippen molar-refractivity contribution in [1.82, 2.24) is 25.2 Å². The van der Waals surface area contributed by atoms with Crippen LogP contribution in [0, 0.1) is 0 Å². The van der Waals surface area contributed by atoms with Crippen molar-refractivity contribution in [2.45, 2.75) is 17.5 Å². The van der Waals surface area contributed by atoms with Gasteiger partial charge >= 0.3 is 0 Å². The van der Waals surface area contributed by atoms with Crippen LogP contribution in [0.5, 0.6) is 0 Å². The normalized spacial score (nSPS) is 11.0. The Labute approximate surface area is 159 Å². The standard InChI is InChI=1S/C18H14ClN5OS/c19-15-8-4-7-14(9-15)16-10-20-17(25-16)12-26-18-21-22-23-24(18)11-13-5-2-1-3-6-13/h1-10H,11-12H2. The van der Waals surface area contributed by atoms with E-state index in [-0.39, 0.29) is 0 Å². The van der Waals surface area contributed by atoms with E-state index < -0.39 is 0 Å². The lowest BCUT2D eigenvalue weighted by Gasteiger charge is -2.03. The van der Waals surface area contributed by atoms with Crippen LogP contribution in [0.25, 0.3) is 11.3 Å². The minimum Gasteiger partial charge on any atom is -0.440 e. The molecule has 130 valence electrons. The van der Waals surface area contributed by atoms with Gasteiger partial charge in [-0.15, -0.1) is 5.10 Å². The molecule has 0 saturated carbocycles. The summed E-state index contributed by atoms with van der Waals surface area (Å²) in [5, 5.41) is 13.3. The Hall–Kier alpha value is -2.64. The highest BCUT2D eigenvalue weighted by molar-refractivity contribution is 7.98. The molecule has 0 fully saturated rings. The molecule has 2 heterocycles. The first-order valence-corrected chi connectivity index (χ1v) is 9.28. The van der Waals surface area contributed by atoms with Crippen LogP contribution in [-0.4, -0.2) is 25.2 Å². The monoisotopic (exact) mass is 383 g/mol. The van der Waals surface area contributed by atoms with Crippen LogP contribution in [-0.2, 0) is 12.3 Å². The molecule has 0 atom stereocenters. The van der Waals surface area contributed by atoms with E-state index in [2.05, 4.69) is 20.5 Å². The summed E-state index contributed by atoms with van der Waals surface area (Å²) in [6.07, 6.45) is 1.70. The average Bonchev–Trinajstić information content (AvgIpc) is 3.30. The molecule has 0 aliphatic heterocycles. The number of rotatable bonds is 6.